The number of carbonyl (C=O) groups excluding carboxylic acids is 2. The highest BCUT2D eigenvalue weighted by Crippen LogP contribution is 2.27. The number of aromatic amines is 1. The summed E-state index contributed by atoms with van der Waals surface area (Å²) in [5.74, 6) is 0.320. The lowest BCUT2D eigenvalue weighted by Crippen LogP contribution is -2.44. The number of carbonyl (C=O) groups is 2. The summed E-state index contributed by atoms with van der Waals surface area (Å²) >= 11 is 6.06. The molecule has 7 nitrogen and oxygen atoms in total. The molecule has 0 spiro atoms. The van der Waals surface area contributed by atoms with Gasteiger partial charge in [-0.3, -0.25) is 0 Å². The summed E-state index contributed by atoms with van der Waals surface area (Å²) in [7, 11) is 0. The average molecular weight is 372 g/mol. The van der Waals surface area contributed by atoms with Gasteiger partial charge in [0.15, 0.2) is 0 Å². The number of rotatable bonds is 1. The molecule has 2 rings (SSSR count). The van der Waals surface area contributed by atoms with E-state index in [1.54, 1.807) is 52.0 Å². The van der Waals surface area contributed by atoms with Crippen LogP contribution >= 0.6 is 11.8 Å². The Kier molecular flexibility index (Phi) is 5.39. The molecule has 0 aliphatic carbocycles. The minimum atomic E-state index is -0.789. The molecule has 0 bridgehead atoms. The number of ether oxygens (including phenoxy) is 2. The first-order valence-corrected chi connectivity index (χ1v) is 8.57. The molecule has 140 valence electrons. The highest BCUT2D eigenvalue weighted by atomic mass is 35.5. The molecular weight excluding hydrogens is 346 g/mol. The molecule has 0 unspecified atom stereocenters. The topological polar surface area (TPSA) is 74.9 Å². The van der Waals surface area contributed by atoms with Crippen LogP contribution in [0.3, 0.4) is 0 Å². The number of nitrogens with one attached hydrogen (secondary N) is 1. The number of amides is 2. The number of hydrogen-bond acceptors (Lipinski definition) is 5. The Balaban J connectivity index is 2.34. The van der Waals surface area contributed by atoms with Gasteiger partial charge in [0.1, 0.15) is 17.0 Å². The molecule has 1 N–H and O–H groups in total. The van der Waals surface area contributed by atoms with Gasteiger partial charge in [0.05, 0.1) is 0 Å². The van der Waals surface area contributed by atoms with E-state index in [2.05, 4.69) is 4.98 Å². The summed E-state index contributed by atoms with van der Waals surface area (Å²) in [6.45, 7) is 11.7. The molecule has 2 amide bonds. The molecule has 1 aromatic rings. The van der Waals surface area contributed by atoms with E-state index in [0.29, 0.717) is 25.3 Å². The predicted octanol–water partition coefficient (Wildman–Crippen LogP) is 4.20. The number of nitrogens with zero attached hydrogens (tertiary/aromatic N) is 2. The van der Waals surface area contributed by atoms with Crippen LogP contribution in [0, 0.1) is 0 Å². The maximum Gasteiger partial charge on any atom is 0.425 e. The van der Waals surface area contributed by atoms with Crippen LogP contribution in [0.2, 0.25) is 0 Å². The van der Waals surface area contributed by atoms with Gasteiger partial charge in [-0.2, -0.15) is 4.90 Å². The molecule has 0 radical (unpaired) electrons. The van der Waals surface area contributed by atoms with E-state index in [0.717, 1.165) is 16.2 Å². The van der Waals surface area contributed by atoms with Gasteiger partial charge in [-0.25, -0.2) is 14.0 Å². The van der Waals surface area contributed by atoms with E-state index >= 15 is 0 Å². The number of fused-ring (bicyclic) bond motifs is 1. The quantitative estimate of drug-likeness (QED) is 0.748. The molecule has 2 heterocycles. The number of halogens is 1. The predicted molar refractivity (Wildman–Crippen MR) is 95.7 cm³/mol. The molecule has 0 saturated carbocycles. The second-order valence-electron chi connectivity index (χ2n) is 8.05. The maximum atomic E-state index is 12.6. The lowest BCUT2D eigenvalue weighted by atomic mass is 10.1. The first-order valence-electron chi connectivity index (χ1n) is 8.23. The van der Waals surface area contributed by atoms with Crippen molar-refractivity contribution in [3.05, 3.63) is 17.3 Å². The van der Waals surface area contributed by atoms with Gasteiger partial charge in [0.25, 0.3) is 0 Å². The fourth-order valence-electron chi connectivity index (χ4n) is 2.39. The number of hydrogen-bond donors (Lipinski definition) is 1. The van der Waals surface area contributed by atoms with Crippen molar-refractivity contribution >= 4 is 29.8 Å². The number of aromatic nitrogens is 1. The zero-order valence-corrected chi connectivity index (χ0v) is 16.4. The molecule has 8 heteroatoms. The van der Waals surface area contributed by atoms with Crippen LogP contribution in [0.15, 0.2) is 6.07 Å². The van der Waals surface area contributed by atoms with E-state index in [-0.39, 0.29) is 0 Å². The van der Waals surface area contributed by atoms with Gasteiger partial charge in [0, 0.05) is 25.2 Å². The van der Waals surface area contributed by atoms with Crippen molar-refractivity contribution in [1.82, 2.24) is 9.40 Å². The molecule has 1 aliphatic rings. The molecule has 1 aliphatic heterocycles. The molecule has 0 saturated heterocycles. The van der Waals surface area contributed by atoms with E-state index in [1.807, 2.05) is 0 Å². The van der Waals surface area contributed by atoms with Crippen LogP contribution in [0.5, 0.6) is 0 Å². The molecular formula is C17H26ClN3O4. The van der Waals surface area contributed by atoms with Crippen LogP contribution < -0.4 is 4.90 Å². The first kappa shape index (κ1) is 19.6. The van der Waals surface area contributed by atoms with Gasteiger partial charge in [-0.15, -0.1) is 0 Å². The second kappa shape index (κ2) is 6.88. The normalized spacial score (nSPS) is 15.5. The van der Waals surface area contributed by atoms with Crippen molar-refractivity contribution in [2.75, 3.05) is 11.4 Å². The molecule has 0 fully saturated rings. The lowest BCUT2D eigenvalue weighted by Gasteiger charge is -2.27. The van der Waals surface area contributed by atoms with Crippen molar-refractivity contribution in [1.29, 1.82) is 0 Å². The third kappa shape index (κ3) is 5.37. The Bertz CT molecular complexity index is 630. The van der Waals surface area contributed by atoms with Crippen molar-refractivity contribution in [2.24, 2.45) is 0 Å². The molecule has 0 atom stereocenters. The summed E-state index contributed by atoms with van der Waals surface area (Å²) in [6, 6.07) is 1.73. The molecule has 25 heavy (non-hydrogen) atoms. The largest absolute Gasteiger partial charge is 0.443 e. The van der Waals surface area contributed by atoms with Crippen LogP contribution in [0.1, 0.15) is 52.8 Å². The summed E-state index contributed by atoms with van der Waals surface area (Å²) in [6.07, 6.45) is -0.874. The van der Waals surface area contributed by atoms with Crippen molar-refractivity contribution in [3.8, 4) is 0 Å². The van der Waals surface area contributed by atoms with Gasteiger partial charge in [-0.1, -0.05) is 0 Å². The zero-order valence-electron chi connectivity index (χ0n) is 15.6. The SMILES string of the molecule is CC(C)(C)OC(=O)N(C(=O)OC(C)(C)C)c1cc2c([nH]1)CCN(Cl)C2. The van der Waals surface area contributed by atoms with Gasteiger partial charge in [-0.05, 0) is 64.9 Å². The highest BCUT2D eigenvalue weighted by Gasteiger charge is 2.34. The standard InChI is InChI=1S/C17H26ClN3O4/c1-16(2,3)24-14(22)21(15(23)25-17(4,5)6)13-9-11-10-20(18)8-7-12(11)19-13/h9,19H,7-8,10H2,1-6H3. The monoisotopic (exact) mass is 371 g/mol. The van der Waals surface area contributed by atoms with Crippen LogP contribution in [-0.4, -0.2) is 39.3 Å². The van der Waals surface area contributed by atoms with E-state index in [9.17, 15) is 9.59 Å². The Morgan fingerprint density at radius 2 is 1.64 bits per heavy atom. The second-order valence-corrected chi connectivity index (χ2v) is 8.53. The van der Waals surface area contributed by atoms with Gasteiger partial charge in [0.2, 0.25) is 0 Å². The number of imide groups is 1. The Morgan fingerprint density at radius 1 is 1.12 bits per heavy atom. The number of H-pyrrole nitrogens is 1. The highest BCUT2D eigenvalue weighted by molar-refractivity contribution is 6.13. The van der Waals surface area contributed by atoms with Crippen LogP contribution in [0.4, 0.5) is 15.4 Å². The minimum Gasteiger partial charge on any atom is -0.443 e. The smallest absolute Gasteiger partial charge is 0.425 e. The number of anilines is 1. The molecule has 1 aromatic heterocycles. The fourth-order valence-corrected chi connectivity index (χ4v) is 2.60. The van der Waals surface area contributed by atoms with Crippen molar-refractivity contribution in [2.45, 2.75) is 65.7 Å². The zero-order chi connectivity index (χ0) is 19.0. The van der Waals surface area contributed by atoms with Crippen molar-refractivity contribution < 1.29 is 19.1 Å². The first-order chi connectivity index (χ1) is 11.4. The van der Waals surface area contributed by atoms with Gasteiger partial charge >= 0.3 is 12.2 Å². The third-order valence-corrected chi connectivity index (χ3v) is 3.61. The van der Waals surface area contributed by atoms with Gasteiger partial charge < -0.3 is 14.5 Å². The summed E-state index contributed by atoms with van der Waals surface area (Å²) in [5, 5.41) is 0. The lowest BCUT2D eigenvalue weighted by molar-refractivity contribution is 0.0429. The summed E-state index contributed by atoms with van der Waals surface area (Å²) < 4.78 is 12.4. The average Bonchev–Trinajstić information content (AvgIpc) is 2.76. The van der Waals surface area contributed by atoms with Crippen LogP contribution in [0.25, 0.3) is 0 Å². The molecule has 0 aromatic carbocycles. The fraction of sp³-hybridized carbons (Fsp3) is 0.647. The Morgan fingerprint density at radius 3 is 2.12 bits per heavy atom. The van der Waals surface area contributed by atoms with Crippen LogP contribution in [-0.2, 0) is 22.4 Å². The maximum absolute atomic E-state index is 12.6. The Hall–Kier alpha value is -1.73. The van der Waals surface area contributed by atoms with E-state index in [4.69, 9.17) is 21.3 Å². The summed E-state index contributed by atoms with van der Waals surface area (Å²) in [4.78, 5) is 29.2. The van der Waals surface area contributed by atoms with E-state index < -0.39 is 23.4 Å². The third-order valence-electron chi connectivity index (χ3n) is 3.32. The minimum absolute atomic E-state index is 0.320. The Labute approximate surface area is 153 Å². The van der Waals surface area contributed by atoms with E-state index in [1.165, 1.54) is 0 Å². The summed E-state index contributed by atoms with van der Waals surface area (Å²) in [5.41, 5.74) is 0.407. The van der Waals surface area contributed by atoms with Crippen molar-refractivity contribution in [3.63, 3.8) is 0 Å².